The second-order valence-electron chi connectivity index (χ2n) is 5.21. The molecule has 2 nitrogen and oxygen atoms in total. The minimum absolute atomic E-state index is 0.106. The van der Waals surface area contributed by atoms with Crippen LogP contribution in [-0.2, 0) is 4.79 Å². The van der Waals surface area contributed by atoms with E-state index in [9.17, 15) is 4.79 Å². The molecule has 0 aromatic heterocycles. The first kappa shape index (κ1) is 17.7. The van der Waals surface area contributed by atoms with E-state index in [1.165, 1.54) is 11.8 Å². The fourth-order valence-corrected chi connectivity index (χ4v) is 2.72. The summed E-state index contributed by atoms with van der Waals surface area (Å²) in [6.45, 7) is 5.76. The lowest BCUT2D eigenvalue weighted by molar-refractivity contribution is -0.121. The van der Waals surface area contributed by atoms with Crippen molar-refractivity contribution in [1.29, 1.82) is 0 Å². The van der Waals surface area contributed by atoms with Crippen LogP contribution in [0.2, 0.25) is 5.02 Å². The molecule has 1 amide bonds. The lowest BCUT2D eigenvalue weighted by Crippen LogP contribution is -2.40. The highest BCUT2D eigenvalue weighted by Gasteiger charge is 2.17. The van der Waals surface area contributed by atoms with Gasteiger partial charge in [-0.1, -0.05) is 46.6 Å². The first-order valence-corrected chi connectivity index (χ1v) is 7.91. The molecule has 1 N–H and O–H groups in total. The zero-order valence-electron chi connectivity index (χ0n) is 11.5. The van der Waals surface area contributed by atoms with E-state index in [1.54, 1.807) is 12.1 Å². The lowest BCUT2D eigenvalue weighted by Gasteiger charge is -2.21. The minimum Gasteiger partial charge on any atom is -0.351 e. The Morgan fingerprint density at radius 1 is 1.20 bits per heavy atom. The molecule has 1 rings (SSSR count). The Labute approximate surface area is 138 Å². The van der Waals surface area contributed by atoms with E-state index < -0.39 is 0 Å². The highest BCUT2D eigenvalue weighted by molar-refractivity contribution is 8.03. The normalized spacial score (nSPS) is 11.1. The van der Waals surface area contributed by atoms with Gasteiger partial charge in [-0.25, -0.2) is 0 Å². The maximum Gasteiger partial charge on any atom is 0.225 e. The number of hydrogen-bond acceptors (Lipinski definition) is 2. The number of nitrogens with one attached hydrogen (secondary N) is 1. The average molecular weight is 353 g/mol. The minimum atomic E-state index is -0.286. The molecule has 0 heterocycles. The van der Waals surface area contributed by atoms with Gasteiger partial charge < -0.3 is 5.32 Å². The predicted octanol–water partition coefficient (Wildman–Crippen LogP) is 5.38. The molecule has 1 aromatic rings. The van der Waals surface area contributed by atoms with Crippen LogP contribution in [0.5, 0.6) is 0 Å². The first-order chi connectivity index (χ1) is 9.17. The molecule has 0 radical (unpaired) electrons. The van der Waals surface area contributed by atoms with Crippen molar-refractivity contribution in [1.82, 2.24) is 5.32 Å². The lowest BCUT2D eigenvalue weighted by atomic mass is 10.1. The molecular weight excluding hydrogens is 337 g/mol. The number of rotatable bonds is 4. The van der Waals surface area contributed by atoms with E-state index >= 15 is 0 Å². The van der Waals surface area contributed by atoms with E-state index in [4.69, 9.17) is 34.8 Å². The van der Waals surface area contributed by atoms with Crippen LogP contribution in [0.15, 0.2) is 38.6 Å². The fourth-order valence-electron chi connectivity index (χ4n) is 1.39. The van der Waals surface area contributed by atoms with Crippen LogP contribution in [-0.4, -0.2) is 11.4 Å². The zero-order valence-corrected chi connectivity index (χ0v) is 14.6. The Balaban J connectivity index is 2.74. The molecule has 0 aliphatic rings. The van der Waals surface area contributed by atoms with Crippen molar-refractivity contribution in [3.05, 3.63) is 38.7 Å². The Bertz CT molecular complexity index is 502. The van der Waals surface area contributed by atoms with Crippen molar-refractivity contribution in [2.75, 3.05) is 0 Å². The Hall–Kier alpha value is -0.350. The van der Waals surface area contributed by atoms with E-state index in [0.29, 0.717) is 9.93 Å². The van der Waals surface area contributed by atoms with E-state index in [2.05, 4.69) is 5.32 Å². The fraction of sp³-hybridized carbons (Fsp3) is 0.357. The van der Waals surface area contributed by atoms with Crippen LogP contribution < -0.4 is 5.32 Å². The van der Waals surface area contributed by atoms with Crippen molar-refractivity contribution in [2.24, 2.45) is 0 Å². The van der Waals surface area contributed by atoms with Crippen LogP contribution in [0.1, 0.15) is 27.2 Å². The highest BCUT2D eigenvalue weighted by atomic mass is 35.5. The van der Waals surface area contributed by atoms with Gasteiger partial charge in [0.25, 0.3) is 0 Å². The predicted molar refractivity (Wildman–Crippen MR) is 88.6 cm³/mol. The number of hydrogen-bond donors (Lipinski definition) is 1. The summed E-state index contributed by atoms with van der Waals surface area (Å²) in [5.41, 5.74) is -0.286. The average Bonchev–Trinajstić information content (AvgIpc) is 2.28. The van der Waals surface area contributed by atoms with Gasteiger partial charge in [0.1, 0.15) is 4.49 Å². The number of thioether (sulfide) groups is 1. The van der Waals surface area contributed by atoms with Crippen molar-refractivity contribution >= 4 is 52.5 Å². The van der Waals surface area contributed by atoms with E-state index in [-0.39, 0.29) is 22.4 Å². The van der Waals surface area contributed by atoms with Crippen LogP contribution >= 0.6 is 46.6 Å². The van der Waals surface area contributed by atoms with Gasteiger partial charge in [0.15, 0.2) is 0 Å². The molecule has 110 valence electrons. The van der Waals surface area contributed by atoms with E-state index in [1.807, 2.05) is 32.9 Å². The second kappa shape index (κ2) is 7.60. The Morgan fingerprint density at radius 2 is 1.75 bits per heavy atom. The van der Waals surface area contributed by atoms with Gasteiger partial charge in [-0.3, -0.25) is 4.79 Å². The third-order valence-corrected chi connectivity index (χ3v) is 4.14. The number of halogens is 3. The van der Waals surface area contributed by atoms with Gasteiger partial charge in [-0.15, -0.1) is 0 Å². The SMILES string of the molecule is CC(C)(C)NC(=O)CC(Sc1ccc(Cl)cc1)=C(Cl)Cl. The van der Waals surface area contributed by atoms with Gasteiger partial charge in [0.2, 0.25) is 5.91 Å². The molecule has 0 spiro atoms. The summed E-state index contributed by atoms with van der Waals surface area (Å²) in [4.78, 5) is 13.5. The number of amides is 1. The van der Waals surface area contributed by atoms with Crippen LogP contribution in [0.3, 0.4) is 0 Å². The molecule has 0 fully saturated rings. The quantitative estimate of drug-likeness (QED) is 0.737. The number of benzene rings is 1. The number of carbonyl (C=O) groups excluding carboxylic acids is 1. The summed E-state index contributed by atoms with van der Waals surface area (Å²) >= 11 is 18.9. The van der Waals surface area contributed by atoms with Crippen LogP contribution in [0, 0.1) is 0 Å². The smallest absolute Gasteiger partial charge is 0.225 e. The topological polar surface area (TPSA) is 29.1 Å². The standard InChI is InChI=1S/C14H16Cl3NOS/c1-14(2,3)18-12(19)8-11(13(16)17)20-10-6-4-9(15)5-7-10/h4-7H,8H2,1-3H3,(H,18,19). The van der Waals surface area contributed by atoms with Crippen LogP contribution in [0.25, 0.3) is 0 Å². The third kappa shape index (κ3) is 6.89. The monoisotopic (exact) mass is 351 g/mol. The molecule has 0 saturated heterocycles. The highest BCUT2D eigenvalue weighted by Crippen LogP contribution is 2.34. The second-order valence-corrected chi connectivity index (χ2v) is 7.77. The third-order valence-electron chi connectivity index (χ3n) is 2.10. The van der Waals surface area contributed by atoms with Gasteiger partial charge in [-0.05, 0) is 45.0 Å². The molecule has 6 heteroatoms. The number of carbonyl (C=O) groups is 1. The zero-order chi connectivity index (χ0) is 15.3. The maximum absolute atomic E-state index is 11.9. The molecule has 0 saturated carbocycles. The molecule has 0 bridgehead atoms. The maximum atomic E-state index is 11.9. The van der Waals surface area contributed by atoms with Crippen molar-refractivity contribution in [2.45, 2.75) is 37.6 Å². The van der Waals surface area contributed by atoms with Gasteiger partial charge in [0.05, 0.1) is 6.42 Å². The Kier molecular flexibility index (Phi) is 6.73. The first-order valence-electron chi connectivity index (χ1n) is 5.96. The van der Waals surface area contributed by atoms with E-state index in [0.717, 1.165) is 4.90 Å². The summed E-state index contributed by atoms with van der Waals surface area (Å²) in [7, 11) is 0. The van der Waals surface area contributed by atoms with Gasteiger partial charge >= 0.3 is 0 Å². The summed E-state index contributed by atoms with van der Waals surface area (Å²) in [5, 5.41) is 3.53. The molecule has 0 atom stereocenters. The van der Waals surface area contributed by atoms with Crippen molar-refractivity contribution in [3.63, 3.8) is 0 Å². The molecule has 0 aliphatic carbocycles. The largest absolute Gasteiger partial charge is 0.351 e. The molecular formula is C14H16Cl3NOS. The summed E-state index contributed by atoms with van der Waals surface area (Å²) in [6, 6.07) is 7.26. The van der Waals surface area contributed by atoms with Crippen LogP contribution in [0.4, 0.5) is 0 Å². The summed E-state index contributed by atoms with van der Waals surface area (Å²) in [5.74, 6) is -0.118. The molecule has 0 aliphatic heterocycles. The summed E-state index contributed by atoms with van der Waals surface area (Å²) in [6.07, 6.45) is 0.146. The molecule has 1 aromatic carbocycles. The van der Waals surface area contributed by atoms with Gasteiger partial charge in [0, 0.05) is 20.4 Å². The molecule has 0 unspecified atom stereocenters. The van der Waals surface area contributed by atoms with Crippen molar-refractivity contribution < 1.29 is 4.79 Å². The molecule has 20 heavy (non-hydrogen) atoms. The summed E-state index contributed by atoms with van der Waals surface area (Å²) < 4.78 is 0.106. The Morgan fingerprint density at radius 3 is 2.20 bits per heavy atom. The van der Waals surface area contributed by atoms with Gasteiger partial charge in [-0.2, -0.15) is 0 Å². The van der Waals surface area contributed by atoms with Crippen molar-refractivity contribution in [3.8, 4) is 0 Å².